The van der Waals surface area contributed by atoms with Crippen LogP contribution in [0.4, 0.5) is 0 Å². The van der Waals surface area contributed by atoms with Crippen LogP contribution in [0.3, 0.4) is 0 Å². The van der Waals surface area contributed by atoms with Gasteiger partial charge in [0.2, 0.25) is 0 Å². The first kappa shape index (κ1) is 13.2. The Bertz CT molecular complexity index is 455. The van der Waals surface area contributed by atoms with Gasteiger partial charge in [0.15, 0.2) is 0 Å². The Labute approximate surface area is 115 Å². The highest BCUT2D eigenvalue weighted by Gasteiger charge is 2.43. The fourth-order valence-corrected chi connectivity index (χ4v) is 2.62. The fourth-order valence-electron chi connectivity index (χ4n) is 2.37. The topological polar surface area (TPSA) is 0 Å². The molecule has 2 aromatic rings. The molecular formula is C17H19Cl. The van der Waals surface area contributed by atoms with E-state index in [-0.39, 0.29) is 5.41 Å². The zero-order valence-corrected chi connectivity index (χ0v) is 11.9. The van der Waals surface area contributed by atoms with Crippen molar-refractivity contribution in [1.29, 1.82) is 0 Å². The van der Waals surface area contributed by atoms with Crippen LogP contribution in [0, 0.1) is 5.41 Å². The maximum atomic E-state index is 7.07. The van der Waals surface area contributed by atoms with Gasteiger partial charge in [0.05, 0.1) is 4.87 Å². The minimum absolute atomic E-state index is 0.0722. The van der Waals surface area contributed by atoms with Crippen molar-refractivity contribution in [2.24, 2.45) is 5.41 Å². The van der Waals surface area contributed by atoms with Crippen LogP contribution >= 0.6 is 11.6 Å². The predicted octanol–water partition coefficient (Wildman–Crippen LogP) is 5.22. The highest BCUT2D eigenvalue weighted by molar-refractivity contribution is 6.26. The minimum Gasteiger partial charge on any atom is -0.108 e. The Morgan fingerprint density at radius 3 is 1.28 bits per heavy atom. The molecule has 0 heterocycles. The molecule has 0 N–H and O–H groups in total. The van der Waals surface area contributed by atoms with E-state index in [1.165, 1.54) is 0 Å². The van der Waals surface area contributed by atoms with Crippen LogP contribution in [0.2, 0.25) is 0 Å². The molecule has 0 bridgehead atoms. The third-order valence-electron chi connectivity index (χ3n) is 3.38. The molecule has 0 atom stereocenters. The lowest BCUT2D eigenvalue weighted by Crippen LogP contribution is -2.35. The van der Waals surface area contributed by atoms with Crippen LogP contribution < -0.4 is 0 Å². The molecule has 0 radical (unpaired) electrons. The van der Waals surface area contributed by atoms with Gasteiger partial charge < -0.3 is 0 Å². The molecule has 0 fully saturated rings. The summed E-state index contributed by atoms with van der Waals surface area (Å²) in [6, 6.07) is 20.6. The molecule has 0 aromatic heterocycles. The molecule has 0 saturated heterocycles. The van der Waals surface area contributed by atoms with E-state index in [1.54, 1.807) is 0 Å². The molecule has 0 unspecified atom stereocenters. The van der Waals surface area contributed by atoms with Crippen LogP contribution in [0.1, 0.15) is 31.9 Å². The van der Waals surface area contributed by atoms with Gasteiger partial charge in [-0.2, -0.15) is 0 Å². The maximum absolute atomic E-state index is 7.07. The monoisotopic (exact) mass is 258 g/mol. The van der Waals surface area contributed by atoms with E-state index in [0.717, 1.165) is 11.1 Å². The van der Waals surface area contributed by atoms with E-state index in [0.29, 0.717) is 0 Å². The van der Waals surface area contributed by atoms with Gasteiger partial charge in [-0.3, -0.25) is 0 Å². The lowest BCUT2D eigenvalue weighted by molar-refractivity contribution is 0.318. The average Bonchev–Trinajstić information content (AvgIpc) is 2.38. The van der Waals surface area contributed by atoms with E-state index >= 15 is 0 Å². The lowest BCUT2D eigenvalue weighted by atomic mass is 9.71. The quantitative estimate of drug-likeness (QED) is 0.648. The number of halogens is 1. The van der Waals surface area contributed by atoms with Gasteiger partial charge in [-0.05, 0) is 16.5 Å². The van der Waals surface area contributed by atoms with Crippen LogP contribution in [0.25, 0.3) is 0 Å². The van der Waals surface area contributed by atoms with Crippen molar-refractivity contribution in [3.05, 3.63) is 71.8 Å². The second kappa shape index (κ2) is 4.78. The number of hydrogen-bond donors (Lipinski definition) is 0. The molecule has 18 heavy (non-hydrogen) atoms. The number of alkyl halides is 1. The Morgan fingerprint density at radius 1 is 0.667 bits per heavy atom. The summed E-state index contributed by atoms with van der Waals surface area (Å²) in [5.41, 5.74) is 2.22. The van der Waals surface area contributed by atoms with E-state index < -0.39 is 4.87 Å². The predicted molar refractivity (Wildman–Crippen MR) is 79.0 cm³/mol. The Kier molecular flexibility index (Phi) is 3.49. The zero-order chi connectivity index (χ0) is 13.2. The standard InChI is InChI=1S/C17H19Cl/c1-16(2,3)17(18,14-10-6-4-7-11-14)15-12-8-5-9-13-15/h4-13H,1-3H3. The van der Waals surface area contributed by atoms with Crippen molar-refractivity contribution in [2.45, 2.75) is 25.6 Å². The largest absolute Gasteiger partial charge is 0.108 e. The average molecular weight is 259 g/mol. The van der Waals surface area contributed by atoms with Gasteiger partial charge >= 0.3 is 0 Å². The summed E-state index contributed by atoms with van der Waals surface area (Å²) in [5, 5.41) is 0. The smallest absolute Gasteiger partial charge is 0.0992 e. The molecule has 0 amide bonds. The van der Waals surface area contributed by atoms with Crippen LogP contribution in [0.5, 0.6) is 0 Å². The molecule has 0 aliphatic rings. The van der Waals surface area contributed by atoms with Crippen molar-refractivity contribution in [3.8, 4) is 0 Å². The molecule has 0 saturated carbocycles. The van der Waals surface area contributed by atoms with Gasteiger partial charge in [-0.15, -0.1) is 11.6 Å². The third kappa shape index (κ3) is 2.18. The van der Waals surface area contributed by atoms with E-state index in [9.17, 15) is 0 Å². The SMILES string of the molecule is CC(C)(C)C(Cl)(c1ccccc1)c1ccccc1. The van der Waals surface area contributed by atoms with Crippen molar-refractivity contribution in [2.75, 3.05) is 0 Å². The van der Waals surface area contributed by atoms with Crippen molar-refractivity contribution in [3.63, 3.8) is 0 Å². The summed E-state index contributed by atoms with van der Waals surface area (Å²) < 4.78 is 0. The van der Waals surface area contributed by atoms with Crippen molar-refractivity contribution < 1.29 is 0 Å². The summed E-state index contributed by atoms with van der Waals surface area (Å²) in [6.07, 6.45) is 0. The summed E-state index contributed by atoms with van der Waals surface area (Å²) in [5.74, 6) is 0. The van der Waals surface area contributed by atoms with E-state index in [1.807, 2.05) is 36.4 Å². The first-order valence-electron chi connectivity index (χ1n) is 6.26. The number of rotatable bonds is 2. The molecule has 0 aliphatic carbocycles. The summed E-state index contributed by atoms with van der Waals surface area (Å²) in [7, 11) is 0. The Morgan fingerprint density at radius 2 is 1.00 bits per heavy atom. The van der Waals surface area contributed by atoms with Crippen molar-refractivity contribution >= 4 is 11.6 Å². The van der Waals surface area contributed by atoms with E-state index in [2.05, 4.69) is 45.0 Å². The lowest BCUT2D eigenvalue weighted by Gasteiger charge is -2.40. The Balaban J connectivity index is 2.63. The minimum atomic E-state index is -0.504. The normalized spacial score (nSPS) is 12.4. The van der Waals surface area contributed by atoms with Crippen LogP contribution in [-0.2, 0) is 4.87 Å². The first-order chi connectivity index (χ1) is 8.46. The summed E-state index contributed by atoms with van der Waals surface area (Å²) in [4.78, 5) is -0.504. The fraction of sp³-hybridized carbons (Fsp3) is 0.294. The summed E-state index contributed by atoms with van der Waals surface area (Å²) in [6.45, 7) is 6.54. The van der Waals surface area contributed by atoms with Crippen LogP contribution in [-0.4, -0.2) is 0 Å². The molecule has 2 aromatic carbocycles. The summed E-state index contributed by atoms with van der Waals surface area (Å²) >= 11 is 7.07. The molecule has 2 rings (SSSR count). The maximum Gasteiger partial charge on any atom is 0.0992 e. The zero-order valence-electron chi connectivity index (χ0n) is 11.2. The first-order valence-corrected chi connectivity index (χ1v) is 6.64. The molecular weight excluding hydrogens is 240 g/mol. The van der Waals surface area contributed by atoms with Crippen LogP contribution in [0.15, 0.2) is 60.7 Å². The van der Waals surface area contributed by atoms with Gasteiger partial charge in [0.1, 0.15) is 0 Å². The molecule has 0 nitrogen and oxygen atoms in total. The number of benzene rings is 2. The molecule has 0 spiro atoms. The molecule has 94 valence electrons. The molecule has 0 aliphatic heterocycles. The third-order valence-corrected chi connectivity index (χ3v) is 4.38. The second-order valence-corrected chi connectivity index (χ2v) is 6.21. The Hall–Kier alpha value is -1.27. The highest BCUT2D eigenvalue weighted by atomic mass is 35.5. The van der Waals surface area contributed by atoms with Gasteiger partial charge in [0, 0.05) is 0 Å². The van der Waals surface area contributed by atoms with E-state index in [4.69, 9.17) is 11.6 Å². The molecule has 1 heteroatoms. The number of hydrogen-bond acceptors (Lipinski definition) is 0. The second-order valence-electron chi connectivity index (χ2n) is 5.64. The van der Waals surface area contributed by atoms with Gasteiger partial charge in [0.25, 0.3) is 0 Å². The van der Waals surface area contributed by atoms with Crippen molar-refractivity contribution in [1.82, 2.24) is 0 Å². The van der Waals surface area contributed by atoms with Gasteiger partial charge in [-0.25, -0.2) is 0 Å². The van der Waals surface area contributed by atoms with Gasteiger partial charge in [-0.1, -0.05) is 81.4 Å². The highest BCUT2D eigenvalue weighted by Crippen LogP contribution is 2.50.